The molecule has 0 aliphatic carbocycles. The van der Waals surface area contributed by atoms with Gasteiger partial charge in [-0.25, -0.2) is 0 Å². The molecule has 1 amide bonds. The fourth-order valence-corrected chi connectivity index (χ4v) is 3.87. The Hall–Kier alpha value is -2.41. The summed E-state index contributed by atoms with van der Waals surface area (Å²) in [4.78, 5) is 26.2. The van der Waals surface area contributed by atoms with E-state index >= 15 is 0 Å². The van der Waals surface area contributed by atoms with Gasteiger partial charge in [0.1, 0.15) is 6.54 Å². The van der Waals surface area contributed by atoms with E-state index in [0.717, 1.165) is 10.9 Å². The first kappa shape index (κ1) is 15.1. The number of aliphatic carboxylic acids is 1. The number of rotatable bonds is 3. The van der Waals surface area contributed by atoms with Crippen molar-refractivity contribution in [3.8, 4) is 0 Å². The van der Waals surface area contributed by atoms with Crippen LogP contribution in [0, 0.1) is 11.3 Å². The van der Waals surface area contributed by atoms with Gasteiger partial charge in [-0.15, -0.1) is 0 Å². The van der Waals surface area contributed by atoms with Gasteiger partial charge in [0.15, 0.2) is 0 Å². The van der Waals surface area contributed by atoms with Gasteiger partial charge in [0, 0.05) is 31.0 Å². The SMILES string of the molecule is O=C(Cn1ncc2ccccc21)N1C[C@@H]2COCC[C@]2(C(=O)O)C1. The molecule has 2 aromatic rings. The number of aromatic nitrogens is 2. The lowest BCUT2D eigenvalue weighted by Crippen LogP contribution is -2.45. The predicted octanol–water partition coefficient (Wildman–Crippen LogP) is 0.986. The second-order valence-corrected chi connectivity index (χ2v) is 6.62. The number of amides is 1. The molecule has 7 nitrogen and oxygen atoms in total. The van der Waals surface area contributed by atoms with Crippen LogP contribution in [0.4, 0.5) is 0 Å². The largest absolute Gasteiger partial charge is 0.481 e. The summed E-state index contributed by atoms with van der Waals surface area (Å²) < 4.78 is 7.10. The number of likely N-dealkylation sites (tertiary alicyclic amines) is 1. The van der Waals surface area contributed by atoms with Crippen LogP contribution in [0.1, 0.15) is 6.42 Å². The number of carbonyl (C=O) groups is 2. The molecule has 0 radical (unpaired) electrons. The molecular weight excluding hydrogens is 310 g/mol. The zero-order valence-electron chi connectivity index (χ0n) is 13.2. The first-order chi connectivity index (χ1) is 11.6. The van der Waals surface area contributed by atoms with Gasteiger partial charge in [0.25, 0.3) is 0 Å². The monoisotopic (exact) mass is 329 g/mol. The van der Waals surface area contributed by atoms with Gasteiger partial charge in [-0.2, -0.15) is 5.10 Å². The highest BCUT2D eigenvalue weighted by Crippen LogP contribution is 2.42. The summed E-state index contributed by atoms with van der Waals surface area (Å²) in [5, 5.41) is 14.9. The number of ether oxygens (including phenoxy) is 1. The molecule has 2 aliphatic rings. The number of para-hydroxylation sites is 1. The van der Waals surface area contributed by atoms with Gasteiger partial charge in [0.05, 0.1) is 23.7 Å². The van der Waals surface area contributed by atoms with Crippen LogP contribution >= 0.6 is 0 Å². The molecule has 0 saturated carbocycles. The van der Waals surface area contributed by atoms with E-state index < -0.39 is 11.4 Å². The first-order valence-corrected chi connectivity index (χ1v) is 8.10. The Morgan fingerprint density at radius 3 is 3.00 bits per heavy atom. The highest BCUT2D eigenvalue weighted by atomic mass is 16.5. The van der Waals surface area contributed by atoms with E-state index in [1.165, 1.54) is 0 Å². The second kappa shape index (κ2) is 5.59. The molecule has 1 aromatic carbocycles. The van der Waals surface area contributed by atoms with Crippen LogP contribution in [-0.2, 0) is 20.9 Å². The Bertz CT molecular complexity index is 802. The molecular formula is C17H19N3O4. The normalized spacial score (nSPS) is 26.5. The average Bonchev–Trinajstić information content (AvgIpc) is 3.17. The van der Waals surface area contributed by atoms with Crippen LogP contribution < -0.4 is 0 Å². The maximum Gasteiger partial charge on any atom is 0.311 e. The number of hydrogen-bond donors (Lipinski definition) is 1. The summed E-state index contributed by atoms with van der Waals surface area (Å²) in [6, 6.07) is 7.71. The Balaban J connectivity index is 1.54. The van der Waals surface area contributed by atoms with Crippen molar-refractivity contribution in [3.05, 3.63) is 30.5 Å². The van der Waals surface area contributed by atoms with Crippen LogP contribution in [0.25, 0.3) is 10.9 Å². The van der Waals surface area contributed by atoms with Crippen LogP contribution in [0.15, 0.2) is 30.5 Å². The molecule has 2 fully saturated rings. The lowest BCUT2D eigenvalue weighted by atomic mass is 9.74. The van der Waals surface area contributed by atoms with Crippen molar-refractivity contribution >= 4 is 22.8 Å². The fraction of sp³-hybridized carbons (Fsp3) is 0.471. The number of carboxylic acids is 1. The maximum absolute atomic E-state index is 12.7. The van der Waals surface area contributed by atoms with Gasteiger partial charge in [-0.3, -0.25) is 14.3 Å². The van der Waals surface area contributed by atoms with E-state index in [1.807, 2.05) is 24.3 Å². The molecule has 1 aromatic heterocycles. The smallest absolute Gasteiger partial charge is 0.311 e. The third kappa shape index (κ3) is 2.27. The fourth-order valence-electron chi connectivity index (χ4n) is 3.87. The van der Waals surface area contributed by atoms with Gasteiger partial charge in [-0.05, 0) is 12.5 Å². The molecule has 126 valence electrons. The van der Waals surface area contributed by atoms with Crippen LogP contribution in [0.3, 0.4) is 0 Å². The van der Waals surface area contributed by atoms with Crippen LogP contribution in [0.2, 0.25) is 0 Å². The van der Waals surface area contributed by atoms with Gasteiger partial charge < -0.3 is 14.7 Å². The number of fused-ring (bicyclic) bond motifs is 2. The molecule has 0 bridgehead atoms. The number of benzene rings is 1. The third-order valence-corrected chi connectivity index (χ3v) is 5.32. The van der Waals surface area contributed by atoms with Crippen LogP contribution in [0.5, 0.6) is 0 Å². The summed E-state index contributed by atoms with van der Waals surface area (Å²) in [6.07, 6.45) is 2.19. The molecule has 2 atom stereocenters. The summed E-state index contributed by atoms with van der Waals surface area (Å²) in [5.74, 6) is -1.06. The third-order valence-electron chi connectivity index (χ3n) is 5.32. The molecule has 1 N–H and O–H groups in total. The molecule has 4 rings (SSSR count). The highest BCUT2D eigenvalue weighted by Gasteiger charge is 2.54. The zero-order chi connectivity index (χ0) is 16.7. The Kier molecular flexibility index (Phi) is 3.53. The highest BCUT2D eigenvalue weighted by molar-refractivity contribution is 5.83. The molecule has 3 heterocycles. The van der Waals surface area contributed by atoms with Crippen molar-refractivity contribution in [2.24, 2.45) is 11.3 Å². The minimum Gasteiger partial charge on any atom is -0.481 e. The standard InChI is InChI=1S/C17H19N3O4/c21-15(9-20-14-4-2-1-3-12(14)7-18-20)19-8-13-10-24-6-5-17(13,11-19)16(22)23/h1-4,7,13H,5-6,8-11H2,(H,22,23)/t13-,17+/m1/s1. The minimum atomic E-state index is -0.861. The van der Waals surface area contributed by atoms with Gasteiger partial charge in [-0.1, -0.05) is 18.2 Å². The van der Waals surface area contributed by atoms with E-state index in [-0.39, 0.29) is 24.9 Å². The maximum atomic E-state index is 12.7. The van der Waals surface area contributed by atoms with Crippen molar-refractivity contribution < 1.29 is 19.4 Å². The second-order valence-electron chi connectivity index (χ2n) is 6.62. The molecule has 0 unspecified atom stereocenters. The van der Waals surface area contributed by atoms with Crippen molar-refractivity contribution in [1.82, 2.24) is 14.7 Å². The van der Waals surface area contributed by atoms with Crippen LogP contribution in [-0.4, -0.2) is 58.0 Å². The number of carboxylic acid groups (broad SMARTS) is 1. The number of nitrogens with zero attached hydrogens (tertiary/aromatic N) is 3. The summed E-state index contributed by atoms with van der Waals surface area (Å²) >= 11 is 0. The van der Waals surface area contributed by atoms with E-state index in [4.69, 9.17) is 4.74 Å². The van der Waals surface area contributed by atoms with Crippen molar-refractivity contribution in [2.75, 3.05) is 26.3 Å². The van der Waals surface area contributed by atoms with Gasteiger partial charge >= 0.3 is 5.97 Å². The minimum absolute atomic E-state index is 0.0983. The lowest BCUT2D eigenvalue weighted by molar-refractivity contribution is -0.157. The Morgan fingerprint density at radius 1 is 1.38 bits per heavy atom. The Labute approximate surface area is 138 Å². The topological polar surface area (TPSA) is 84.7 Å². The van der Waals surface area contributed by atoms with Crippen molar-refractivity contribution in [1.29, 1.82) is 0 Å². The lowest BCUT2D eigenvalue weighted by Gasteiger charge is -2.33. The number of carbonyl (C=O) groups excluding carboxylic acids is 1. The predicted molar refractivity (Wildman–Crippen MR) is 85.3 cm³/mol. The quantitative estimate of drug-likeness (QED) is 0.907. The molecule has 7 heteroatoms. The Morgan fingerprint density at radius 2 is 2.21 bits per heavy atom. The van der Waals surface area contributed by atoms with Crippen molar-refractivity contribution in [2.45, 2.75) is 13.0 Å². The average molecular weight is 329 g/mol. The summed E-state index contributed by atoms with van der Waals surface area (Å²) in [5.41, 5.74) is 0.0406. The molecule has 2 aliphatic heterocycles. The zero-order valence-corrected chi connectivity index (χ0v) is 13.2. The van der Waals surface area contributed by atoms with E-state index in [0.29, 0.717) is 26.2 Å². The summed E-state index contributed by atoms with van der Waals surface area (Å²) in [7, 11) is 0. The van der Waals surface area contributed by atoms with E-state index in [2.05, 4.69) is 5.10 Å². The number of hydrogen-bond acceptors (Lipinski definition) is 4. The molecule has 0 spiro atoms. The van der Waals surface area contributed by atoms with Crippen molar-refractivity contribution in [3.63, 3.8) is 0 Å². The first-order valence-electron chi connectivity index (χ1n) is 8.10. The molecule has 24 heavy (non-hydrogen) atoms. The molecule has 2 saturated heterocycles. The van der Waals surface area contributed by atoms with E-state index in [9.17, 15) is 14.7 Å². The summed E-state index contributed by atoms with van der Waals surface area (Å²) in [6.45, 7) is 1.66. The van der Waals surface area contributed by atoms with E-state index in [1.54, 1.807) is 15.8 Å². The van der Waals surface area contributed by atoms with Gasteiger partial charge in [0.2, 0.25) is 5.91 Å².